The number of rotatable bonds is 5. The fourth-order valence-electron chi connectivity index (χ4n) is 2.80. The van der Waals surface area contributed by atoms with Crippen molar-refractivity contribution < 1.29 is 9.84 Å². The Kier molecular flexibility index (Phi) is 3.79. The summed E-state index contributed by atoms with van der Waals surface area (Å²) < 4.78 is 8.06. The highest BCUT2D eigenvalue weighted by Gasteiger charge is 2.22. The molecule has 3 nitrogen and oxygen atoms in total. The lowest BCUT2D eigenvalue weighted by Gasteiger charge is -2.12. The van der Waals surface area contributed by atoms with E-state index in [0.29, 0.717) is 0 Å². The monoisotopic (exact) mass is 271 g/mol. The fraction of sp³-hybridized carbons (Fsp3) is 0.412. The van der Waals surface area contributed by atoms with Crippen LogP contribution < -0.4 is 4.74 Å². The molecule has 2 unspecified atom stereocenters. The van der Waals surface area contributed by atoms with Crippen LogP contribution in [0, 0.1) is 0 Å². The van der Waals surface area contributed by atoms with Gasteiger partial charge in [-0.1, -0.05) is 31.5 Å². The van der Waals surface area contributed by atoms with Crippen LogP contribution in [-0.4, -0.2) is 15.8 Å². The van der Waals surface area contributed by atoms with Gasteiger partial charge in [0, 0.05) is 18.8 Å². The Labute approximate surface area is 119 Å². The number of hydrogen-bond donors (Lipinski definition) is 1. The third-order valence-corrected chi connectivity index (χ3v) is 3.85. The standard InChI is InChI=1S/C17H21NO2/c1-2-5-16(19)14-8-9-18(11-14)12-15-10-13-6-3-4-7-17(13)20-15/h3-4,6-9,11,15-16,19H,2,5,10,12H2,1H3. The first-order valence-corrected chi connectivity index (χ1v) is 7.34. The average molecular weight is 271 g/mol. The fourth-order valence-corrected chi connectivity index (χ4v) is 2.80. The number of aliphatic hydroxyl groups is 1. The third kappa shape index (κ3) is 2.73. The minimum atomic E-state index is -0.344. The Morgan fingerprint density at radius 1 is 1.35 bits per heavy atom. The van der Waals surface area contributed by atoms with Gasteiger partial charge in [0.15, 0.2) is 0 Å². The van der Waals surface area contributed by atoms with E-state index in [4.69, 9.17) is 4.74 Å². The van der Waals surface area contributed by atoms with Crippen LogP contribution >= 0.6 is 0 Å². The quantitative estimate of drug-likeness (QED) is 0.905. The predicted octanol–water partition coefficient (Wildman–Crippen LogP) is 3.33. The van der Waals surface area contributed by atoms with Crippen LogP contribution in [0.2, 0.25) is 0 Å². The minimum Gasteiger partial charge on any atom is -0.488 e. The molecule has 1 aliphatic heterocycles. The number of hydrogen-bond acceptors (Lipinski definition) is 2. The molecule has 2 atom stereocenters. The van der Waals surface area contributed by atoms with Crippen molar-refractivity contribution in [2.24, 2.45) is 0 Å². The van der Waals surface area contributed by atoms with E-state index in [1.807, 2.05) is 30.6 Å². The summed E-state index contributed by atoms with van der Waals surface area (Å²) in [5.41, 5.74) is 2.29. The second kappa shape index (κ2) is 5.71. The molecule has 0 spiro atoms. The topological polar surface area (TPSA) is 34.4 Å². The van der Waals surface area contributed by atoms with Crippen molar-refractivity contribution in [2.45, 2.75) is 44.9 Å². The Bertz CT molecular complexity index is 551. The van der Waals surface area contributed by atoms with E-state index in [1.54, 1.807) is 0 Å². The summed E-state index contributed by atoms with van der Waals surface area (Å²) in [6, 6.07) is 10.2. The number of para-hydroxylation sites is 1. The lowest BCUT2D eigenvalue weighted by atomic mass is 10.1. The molecular weight excluding hydrogens is 250 g/mol. The molecule has 1 aromatic heterocycles. The van der Waals surface area contributed by atoms with Crippen molar-refractivity contribution in [3.63, 3.8) is 0 Å². The van der Waals surface area contributed by atoms with E-state index in [9.17, 15) is 5.11 Å². The molecule has 1 aromatic carbocycles. The van der Waals surface area contributed by atoms with Gasteiger partial charge in [-0.25, -0.2) is 0 Å². The number of nitrogens with zero attached hydrogens (tertiary/aromatic N) is 1. The van der Waals surface area contributed by atoms with Gasteiger partial charge in [-0.2, -0.15) is 0 Å². The summed E-state index contributed by atoms with van der Waals surface area (Å²) >= 11 is 0. The first-order valence-electron chi connectivity index (χ1n) is 7.34. The van der Waals surface area contributed by atoms with Gasteiger partial charge in [0.1, 0.15) is 11.9 Å². The summed E-state index contributed by atoms with van der Waals surface area (Å²) in [4.78, 5) is 0. The molecule has 1 aliphatic rings. The molecular formula is C17H21NO2. The van der Waals surface area contributed by atoms with Crippen molar-refractivity contribution >= 4 is 0 Å². The molecule has 3 heteroatoms. The molecule has 0 aliphatic carbocycles. The second-order valence-corrected chi connectivity index (χ2v) is 5.50. The van der Waals surface area contributed by atoms with Crippen molar-refractivity contribution in [1.82, 2.24) is 4.57 Å². The Morgan fingerprint density at radius 3 is 3.00 bits per heavy atom. The summed E-state index contributed by atoms with van der Waals surface area (Å²) in [5, 5.41) is 9.99. The zero-order valence-corrected chi connectivity index (χ0v) is 11.8. The molecule has 1 N–H and O–H groups in total. The van der Waals surface area contributed by atoms with Gasteiger partial charge in [0.25, 0.3) is 0 Å². The SMILES string of the molecule is CCCC(O)c1ccn(CC2Cc3ccccc3O2)c1. The lowest BCUT2D eigenvalue weighted by molar-refractivity contribution is 0.166. The van der Waals surface area contributed by atoms with E-state index in [1.165, 1.54) is 5.56 Å². The van der Waals surface area contributed by atoms with E-state index in [0.717, 1.165) is 37.1 Å². The van der Waals surface area contributed by atoms with Gasteiger partial charge in [-0.3, -0.25) is 0 Å². The summed E-state index contributed by atoms with van der Waals surface area (Å²) in [6.45, 7) is 2.91. The largest absolute Gasteiger partial charge is 0.488 e. The number of fused-ring (bicyclic) bond motifs is 1. The van der Waals surface area contributed by atoms with Crippen LogP contribution in [0.15, 0.2) is 42.7 Å². The molecule has 0 amide bonds. The highest BCUT2D eigenvalue weighted by molar-refractivity contribution is 5.37. The molecule has 3 rings (SSSR count). The molecule has 20 heavy (non-hydrogen) atoms. The molecule has 0 saturated heterocycles. The minimum absolute atomic E-state index is 0.191. The Morgan fingerprint density at radius 2 is 2.20 bits per heavy atom. The van der Waals surface area contributed by atoms with Gasteiger partial charge >= 0.3 is 0 Å². The number of aromatic nitrogens is 1. The van der Waals surface area contributed by atoms with Gasteiger partial charge < -0.3 is 14.4 Å². The summed E-state index contributed by atoms with van der Waals surface area (Å²) in [6.07, 6.45) is 6.68. The van der Waals surface area contributed by atoms with Crippen LogP contribution in [0.1, 0.15) is 37.0 Å². The van der Waals surface area contributed by atoms with Gasteiger partial charge in [0.2, 0.25) is 0 Å². The van der Waals surface area contributed by atoms with Crippen LogP contribution in [0.5, 0.6) is 5.75 Å². The van der Waals surface area contributed by atoms with Crippen LogP contribution in [0.3, 0.4) is 0 Å². The van der Waals surface area contributed by atoms with E-state index in [2.05, 4.69) is 23.6 Å². The number of aliphatic hydroxyl groups excluding tert-OH is 1. The maximum Gasteiger partial charge on any atom is 0.123 e. The van der Waals surface area contributed by atoms with E-state index >= 15 is 0 Å². The van der Waals surface area contributed by atoms with Crippen LogP contribution in [0.4, 0.5) is 0 Å². The van der Waals surface area contributed by atoms with E-state index in [-0.39, 0.29) is 12.2 Å². The van der Waals surface area contributed by atoms with Crippen LogP contribution in [-0.2, 0) is 13.0 Å². The van der Waals surface area contributed by atoms with Crippen LogP contribution in [0.25, 0.3) is 0 Å². The Balaban J connectivity index is 1.63. The van der Waals surface area contributed by atoms with Crippen molar-refractivity contribution in [2.75, 3.05) is 0 Å². The molecule has 0 radical (unpaired) electrons. The zero-order valence-electron chi connectivity index (χ0n) is 11.8. The molecule has 106 valence electrons. The first-order chi connectivity index (χ1) is 9.76. The second-order valence-electron chi connectivity index (χ2n) is 5.50. The maximum atomic E-state index is 9.99. The van der Waals surface area contributed by atoms with Gasteiger partial charge in [-0.15, -0.1) is 0 Å². The highest BCUT2D eigenvalue weighted by atomic mass is 16.5. The van der Waals surface area contributed by atoms with Crippen molar-refractivity contribution in [3.8, 4) is 5.75 Å². The summed E-state index contributed by atoms with van der Waals surface area (Å²) in [5.74, 6) is 1.01. The Hall–Kier alpha value is -1.74. The number of benzene rings is 1. The third-order valence-electron chi connectivity index (χ3n) is 3.85. The zero-order chi connectivity index (χ0) is 13.9. The highest BCUT2D eigenvalue weighted by Crippen LogP contribution is 2.29. The molecule has 0 fully saturated rings. The molecule has 0 bridgehead atoms. The van der Waals surface area contributed by atoms with Crippen molar-refractivity contribution in [3.05, 3.63) is 53.9 Å². The molecule has 2 aromatic rings. The van der Waals surface area contributed by atoms with Gasteiger partial charge in [0.05, 0.1) is 12.6 Å². The maximum absolute atomic E-state index is 9.99. The first kappa shape index (κ1) is 13.3. The average Bonchev–Trinajstić information content (AvgIpc) is 3.05. The van der Waals surface area contributed by atoms with Crippen molar-refractivity contribution in [1.29, 1.82) is 0 Å². The molecule has 2 heterocycles. The molecule has 0 saturated carbocycles. The normalized spacial score (nSPS) is 18.6. The van der Waals surface area contributed by atoms with E-state index < -0.39 is 0 Å². The number of ether oxygens (including phenoxy) is 1. The summed E-state index contributed by atoms with van der Waals surface area (Å²) in [7, 11) is 0. The smallest absolute Gasteiger partial charge is 0.123 e. The lowest BCUT2D eigenvalue weighted by Crippen LogP contribution is -2.19. The van der Waals surface area contributed by atoms with Gasteiger partial charge in [-0.05, 0) is 29.7 Å². The predicted molar refractivity (Wildman–Crippen MR) is 78.9 cm³/mol.